The zero-order chi connectivity index (χ0) is 22.6. The number of aliphatic hydroxyl groups is 1. The number of hydrogen-bond donors (Lipinski definition) is 1. The third-order valence-electron chi connectivity index (χ3n) is 6.78. The SMILES string of the molecule is CC[C@@H](c1ccccc1)n1c(=O)n2n(c1=O)[C@H]1[C@H](O)[C@@H]3O[C@@H]3C(=NOCC(C)C)[C@H]1CC2. The maximum Gasteiger partial charge on any atom is 0.348 e. The van der Waals surface area contributed by atoms with Gasteiger partial charge >= 0.3 is 11.4 Å². The lowest BCUT2D eigenvalue weighted by Crippen LogP contribution is -2.53. The van der Waals surface area contributed by atoms with Crippen LogP contribution in [0.15, 0.2) is 45.1 Å². The summed E-state index contributed by atoms with van der Waals surface area (Å²) in [5, 5.41) is 15.4. The lowest BCUT2D eigenvalue weighted by molar-refractivity contribution is 0.0318. The van der Waals surface area contributed by atoms with Crippen LogP contribution in [-0.2, 0) is 16.1 Å². The van der Waals surface area contributed by atoms with E-state index < -0.39 is 23.9 Å². The molecule has 1 aliphatic carbocycles. The van der Waals surface area contributed by atoms with E-state index in [-0.39, 0.29) is 23.8 Å². The smallest absolute Gasteiger partial charge is 0.348 e. The van der Waals surface area contributed by atoms with E-state index in [9.17, 15) is 14.7 Å². The molecular weight excluding hydrogens is 412 g/mol. The lowest BCUT2D eigenvalue weighted by Gasteiger charge is -2.38. The van der Waals surface area contributed by atoms with E-state index in [4.69, 9.17) is 9.57 Å². The summed E-state index contributed by atoms with van der Waals surface area (Å²) in [6.07, 6.45) is -0.397. The van der Waals surface area contributed by atoms with Crippen LogP contribution in [0.1, 0.15) is 51.3 Å². The third-order valence-corrected chi connectivity index (χ3v) is 6.78. The number of oxime groups is 1. The molecule has 0 unspecified atom stereocenters. The van der Waals surface area contributed by atoms with Crippen molar-refractivity contribution in [3.05, 3.63) is 56.9 Å². The average Bonchev–Trinajstić information content (AvgIpc) is 3.55. The van der Waals surface area contributed by atoms with Crippen LogP contribution in [0, 0.1) is 11.8 Å². The molecule has 172 valence electrons. The molecule has 0 radical (unpaired) electrons. The Hall–Kier alpha value is -2.65. The number of hydrogen-bond acceptors (Lipinski definition) is 6. The first-order chi connectivity index (χ1) is 15.4. The highest BCUT2D eigenvalue weighted by molar-refractivity contribution is 5.94. The summed E-state index contributed by atoms with van der Waals surface area (Å²) >= 11 is 0. The minimum absolute atomic E-state index is 0.217. The number of rotatable bonds is 6. The second-order valence-electron chi connectivity index (χ2n) is 9.34. The summed E-state index contributed by atoms with van der Waals surface area (Å²) < 4.78 is 9.97. The van der Waals surface area contributed by atoms with Crippen molar-refractivity contribution >= 4 is 5.71 Å². The quantitative estimate of drug-likeness (QED) is 0.540. The first-order valence-corrected chi connectivity index (χ1v) is 11.5. The predicted octanol–water partition coefficient (Wildman–Crippen LogP) is 1.54. The third kappa shape index (κ3) is 3.26. The summed E-state index contributed by atoms with van der Waals surface area (Å²) in [7, 11) is 0. The molecule has 9 nitrogen and oxygen atoms in total. The van der Waals surface area contributed by atoms with Gasteiger partial charge in [0.25, 0.3) is 0 Å². The monoisotopic (exact) mass is 442 g/mol. The van der Waals surface area contributed by atoms with Gasteiger partial charge in [-0.25, -0.2) is 23.5 Å². The Bertz CT molecular complexity index is 1130. The van der Waals surface area contributed by atoms with Gasteiger partial charge in [0.1, 0.15) is 24.9 Å². The van der Waals surface area contributed by atoms with E-state index >= 15 is 0 Å². The van der Waals surface area contributed by atoms with Gasteiger partial charge in [0.05, 0.1) is 17.8 Å². The molecule has 0 amide bonds. The van der Waals surface area contributed by atoms with E-state index in [1.807, 2.05) is 51.1 Å². The van der Waals surface area contributed by atoms with Crippen molar-refractivity contribution < 1.29 is 14.7 Å². The van der Waals surface area contributed by atoms with Crippen molar-refractivity contribution in [2.75, 3.05) is 6.61 Å². The van der Waals surface area contributed by atoms with Crippen LogP contribution >= 0.6 is 0 Å². The van der Waals surface area contributed by atoms with Gasteiger partial charge in [-0.1, -0.05) is 56.3 Å². The van der Waals surface area contributed by atoms with Gasteiger partial charge in [0.15, 0.2) is 0 Å². The molecule has 3 heterocycles. The van der Waals surface area contributed by atoms with Crippen LogP contribution in [0.5, 0.6) is 0 Å². The Morgan fingerprint density at radius 3 is 2.66 bits per heavy atom. The molecule has 6 atom stereocenters. The highest BCUT2D eigenvalue weighted by Crippen LogP contribution is 2.46. The lowest BCUT2D eigenvalue weighted by atomic mass is 9.78. The van der Waals surface area contributed by atoms with E-state index in [2.05, 4.69) is 5.16 Å². The highest BCUT2D eigenvalue weighted by Gasteiger charge is 2.61. The van der Waals surface area contributed by atoms with Crippen molar-refractivity contribution in [3.8, 4) is 0 Å². The molecule has 1 saturated carbocycles. The minimum Gasteiger partial charge on any atom is -0.395 e. The molecule has 1 aromatic heterocycles. The number of nitrogens with zero attached hydrogens (tertiary/aromatic N) is 4. The molecule has 1 N–H and O–H groups in total. The maximum absolute atomic E-state index is 13.6. The van der Waals surface area contributed by atoms with Gasteiger partial charge < -0.3 is 14.7 Å². The number of ether oxygens (including phenoxy) is 1. The fourth-order valence-corrected chi connectivity index (χ4v) is 5.23. The predicted molar refractivity (Wildman–Crippen MR) is 118 cm³/mol. The van der Waals surface area contributed by atoms with Gasteiger partial charge in [-0.05, 0) is 24.3 Å². The van der Waals surface area contributed by atoms with Gasteiger partial charge in [-0.3, -0.25) is 0 Å². The molecular formula is C23H30N4O5. The second kappa shape index (κ2) is 8.04. The van der Waals surface area contributed by atoms with E-state index in [0.29, 0.717) is 31.9 Å². The summed E-state index contributed by atoms with van der Waals surface area (Å²) in [6, 6.07) is 8.60. The molecule has 1 aromatic carbocycles. The standard InChI is InChI=1S/C23H30N4O5/c1-4-16(14-8-6-5-7-9-14)26-22(29)25-11-10-15-17(24-31-12-13(2)3)20-21(32-20)19(28)18(15)27(25)23(26)30/h5-9,13,15-16,18-21,28H,4,10-12H2,1-3H3/t15-,16+,18-,19+,20-,21+/m1/s1. The Morgan fingerprint density at radius 1 is 1.22 bits per heavy atom. The van der Waals surface area contributed by atoms with E-state index in [1.165, 1.54) is 13.9 Å². The Morgan fingerprint density at radius 2 is 1.97 bits per heavy atom. The number of aromatic nitrogens is 3. The van der Waals surface area contributed by atoms with Crippen LogP contribution in [0.2, 0.25) is 0 Å². The Balaban J connectivity index is 1.57. The Kier molecular flexibility index (Phi) is 5.33. The van der Waals surface area contributed by atoms with Gasteiger partial charge in [0, 0.05) is 12.5 Å². The van der Waals surface area contributed by atoms with Crippen molar-refractivity contribution in [1.29, 1.82) is 0 Å². The fourth-order valence-electron chi connectivity index (χ4n) is 5.23. The molecule has 2 fully saturated rings. The summed E-state index contributed by atoms with van der Waals surface area (Å²) in [5.74, 6) is 0.114. The molecule has 5 rings (SSSR count). The maximum atomic E-state index is 13.6. The highest BCUT2D eigenvalue weighted by atomic mass is 16.6. The first-order valence-electron chi connectivity index (χ1n) is 11.5. The molecule has 9 heteroatoms. The number of fused-ring (bicyclic) bond motifs is 4. The topological polar surface area (TPSA) is 103 Å². The molecule has 32 heavy (non-hydrogen) atoms. The summed E-state index contributed by atoms with van der Waals surface area (Å²) in [6.45, 7) is 6.91. The zero-order valence-corrected chi connectivity index (χ0v) is 18.6. The van der Waals surface area contributed by atoms with Crippen LogP contribution in [0.3, 0.4) is 0 Å². The average molecular weight is 443 g/mol. The molecule has 1 saturated heterocycles. The normalized spacial score (nSPS) is 30.5. The van der Waals surface area contributed by atoms with Gasteiger partial charge in [-0.15, -0.1) is 0 Å². The van der Waals surface area contributed by atoms with Gasteiger partial charge in [0.2, 0.25) is 0 Å². The van der Waals surface area contributed by atoms with Crippen LogP contribution in [0.4, 0.5) is 0 Å². The first kappa shape index (κ1) is 21.2. The fraction of sp³-hybridized carbons (Fsp3) is 0.609. The van der Waals surface area contributed by atoms with Gasteiger partial charge in [-0.2, -0.15) is 0 Å². The van der Waals surface area contributed by atoms with E-state index in [1.54, 1.807) is 0 Å². The van der Waals surface area contributed by atoms with Crippen molar-refractivity contribution in [2.24, 2.45) is 17.0 Å². The number of epoxide rings is 1. The van der Waals surface area contributed by atoms with Crippen molar-refractivity contribution in [3.63, 3.8) is 0 Å². The number of benzene rings is 1. The van der Waals surface area contributed by atoms with Crippen molar-refractivity contribution in [1.82, 2.24) is 13.9 Å². The largest absolute Gasteiger partial charge is 0.395 e. The summed E-state index contributed by atoms with van der Waals surface area (Å²) in [4.78, 5) is 32.5. The number of aliphatic hydroxyl groups excluding tert-OH is 1. The van der Waals surface area contributed by atoms with Crippen LogP contribution in [-0.4, -0.2) is 49.7 Å². The molecule has 2 aromatic rings. The molecule has 0 spiro atoms. The van der Waals surface area contributed by atoms with E-state index in [0.717, 1.165) is 11.3 Å². The van der Waals surface area contributed by atoms with Crippen molar-refractivity contribution in [2.45, 2.75) is 70.6 Å². The molecule has 0 bridgehead atoms. The van der Waals surface area contributed by atoms with Crippen LogP contribution < -0.4 is 11.4 Å². The summed E-state index contributed by atoms with van der Waals surface area (Å²) in [5.41, 5.74) is 0.901. The minimum atomic E-state index is -0.884. The van der Waals surface area contributed by atoms with Crippen LogP contribution in [0.25, 0.3) is 0 Å². The zero-order valence-electron chi connectivity index (χ0n) is 18.6. The Labute approximate surface area is 185 Å². The molecule has 3 aliphatic rings. The molecule has 2 aliphatic heterocycles. The second-order valence-corrected chi connectivity index (χ2v) is 9.34.